The van der Waals surface area contributed by atoms with Crippen molar-refractivity contribution >= 4 is 11.8 Å². The van der Waals surface area contributed by atoms with E-state index < -0.39 is 5.97 Å². The van der Waals surface area contributed by atoms with Crippen LogP contribution in [-0.4, -0.2) is 22.4 Å². The summed E-state index contributed by atoms with van der Waals surface area (Å²) in [6.07, 6.45) is 1.52. The Bertz CT molecular complexity index is 644. The van der Waals surface area contributed by atoms with Crippen LogP contribution in [0, 0.1) is 0 Å². The van der Waals surface area contributed by atoms with Crippen LogP contribution in [0.3, 0.4) is 0 Å². The van der Waals surface area contributed by atoms with Crippen LogP contribution in [0.2, 0.25) is 0 Å². The number of aromatic nitrogens is 2. The van der Waals surface area contributed by atoms with Gasteiger partial charge in [0.05, 0.1) is 13.2 Å². The average Bonchev–Trinajstić information content (AvgIpc) is 2.83. The van der Waals surface area contributed by atoms with Gasteiger partial charge in [-0.3, -0.25) is 4.68 Å². The van der Waals surface area contributed by atoms with Crippen LogP contribution in [0.1, 0.15) is 22.8 Å². The molecule has 0 aliphatic rings. The Labute approximate surface area is 115 Å². The van der Waals surface area contributed by atoms with Gasteiger partial charge in [-0.05, 0) is 23.1 Å². The molecule has 0 saturated carbocycles. The number of hydrogen-bond donors (Lipinski definition) is 0. The zero-order valence-electron chi connectivity index (χ0n) is 10.9. The minimum atomic E-state index is -0.547. The van der Waals surface area contributed by atoms with Gasteiger partial charge >= 0.3 is 5.97 Å². The Balaban J connectivity index is 2.29. The van der Waals surface area contributed by atoms with E-state index in [-0.39, 0.29) is 18.0 Å². The van der Waals surface area contributed by atoms with Crippen molar-refractivity contribution in [2.75, 3.05) is 6.61 Å². The van der Waals surface area contributed by atoms with Gasteiger partial charge in [0.25, 0.3) is 0 Å². The molecule has 1 aromatic carbocycles. The molecule has 102 valence electrons. The molecule has 0 aliphatic heterocycles. The number of carbonyl (C=O) groups excluding carboxylic acids is 1. The number of benzene rings is 1. The first-order chi connectivity index (χ1) is 9.74. The predicted molar refractivity (Wildman–Crippen MR) is 72.5 cm³/mol. The van der Waals surface area contributed by atoms with E-state index >= 15 is 0 Å². The SMILES string of the molecule is CCOC(=O)c1cn(Cc2ccccc2)nc1N=[N+]=[N-]. The molecular formula is C13H13N5O2. The smallest absolute Gasteiger partial charge is 0.341 e. The van der Waals surface area contributed by atoms with Gasteiger partial charge in [-0.15, -0.1) is 0 Å². The molecule has 0 saturated heterocycles. The first-order valence-electron chi connectivity index (χ1n) is 6.08. The number of nitrogens with zero attached hydrogens (tertiary/aromatic N) is 5. The van der Waals surface area contributed by atoms with Crippen molar-refractivity contribution in [3.8, 4) is 0 Å². The van der Waals surface area contributed by atoms with Crippen molar-refractivity contribution in [3.05, 3.63) is 58.1 Å². The fourth-order valence-corrected chi connectivity index (χ4v) is 1.73. The number of rotatable bonds is 5. The second-order valence-corrected chi connectivity index (χ2v) is 3.96. The fourth-order valence-electron chi connectivity index (χ4n) is 1.73. The van der Waals surface area contributed by atoms with Crippen LogP contribution >= 0.6 is 0 Å². The fraction of sp³-hybridized carbons (Fsp3) is 0.231. The molecule has 2 rings (SSSR count). The Morgan fingerprint density at radius 3 is 2.85 bits per heavy atom. The molecular weight excluding hydrogens is 258 g/mol. The van der Waals surface area contributed by atoms with E-state index in [2.05, 4.69) is 15.1 Å². The lowest BCUT2D eigenvalue weighted by Crippen LogP contribution is -2.04. The molecule has 0 N–H and O–H groups in total. The molecule has 0 unspecified atom stereocenters. The van der Waals surface area contributed by atoms with E-state index in [1.165, 1.54) is 6.20 Å². The first-order valence-corrected chi connectivity index (χ1v) is 6.08. The molecule has 1 heterocycles. The lowest BCUT2D eigenvalue weighted by atomic mass is 10.2. The maximum absolute atomic E-state index is 11.7. The molecule has 0 fully saturated rings. The molecule has 0 amide bonds. The molecule has 0 aliphatic carbocycles. The van der Waals surface area contributed by atoms with E-state index in [0.717, 1.165) is 5.56 Å². The Kier molecular flexibility index (Phi) is 4.36. The third-order valence-electron chi connectivity index (χ3n) is 2.56. The summed E-state index contributed by atoms with van der Waals surface area (Å²) in [4.78, 5) is 14.4. The summed E-state index contributed by atoms with van der Waals surface area (Å²) in [5.74, 6) is -0.518. The lowest BCUT2D eigenvalue weighted by molar-refractivity contribution is 0.0527. The van der Waals surface area contributed by atoms with Crippen molar-refractivity contribution in [2.45, 2.75) is 13.5 Å². The highest BCUT2D eigenvalue weighted by Gasteiger charge is 2.16. The maximum Gasteiger partial charge on any atom is 0.341 e. The Morgan fingerprint density at radius 1 is 1.45 bits per heavy atom. The number of hydrogen-bond acceptors (Lipinski definition) is 4. The summed E-state index contributed by atoms with van der Waals surface area (Å²) in [7, 11) is 0. The van der Waals surface area contributed by atoms with Crippen molar-refractivity contribution in [2.24, 2.45) is 5.11 Å². The minimum Gasteiger partial charge on any atom is -0.462 e. The van der Waals surface area contributed by atoms with Crippen LogP contribution < -0.4 is 0 Å². The summed E-state index contributed by atoms with van der Waals surface area (Å²) in [5.41, 5.74) is 9.70. The van der Waals surface area contributed by atoms with Crippen molar-refractivity contribution < 1.29 is 9.53 Å². The van der Waals surface area contributed by atoms with Gasteiger partial charge in [-0.1, -0.05) is 30.3 Å². The van der Waals surface area contributed by atoms with Crippen molar-refractivity contribution in [3.63, 3.8) is 0 Å². The second kappa shape index (κ2) is 6.40. The zero-order chi connectivity index (χ0) is 14.4. The third-order valence-corrected chi connectivity index (χ3v) is 2.56. The minimum absolute atomic E-state index is 0.0295. The van der Waals surface area contributed by atoms with E-state index in [0.29, 0.717) is 6.54 Å². The summed E-state index contributed by atoms with van der Waals surface area (Å²) in [6, 6.07) is 9.64. The quantitative estimate of drug-likeness (QED) is 0.362. The summed E-state index contributed by atoms with van der Waals surface area (Å²) in [6.45, 7) is 2.44. The second-order valence-electron chi connectivity index (χ2n) is 3.96. The van der Waals surface area contributed by atoms with Gasteiger partial charge in [0, 0.05) is 11.1 Å². The van der Waals surface area contributed by atoms with Gasteiger partial charge < -0.3 is 4.74 Å². The highest BCUT2D eigenvalue weighted by Crippen LogP contribution is 2.19. The number of azide groups is 1. The molecule has 0 radical (unpaired) electrons. The highest BCUT2D eigenvalue weighted by atomic mass is 16.5. The monoisotopic (exact) mass is 271 g/mol. The standard InChI is InChI=1S/C13H13N5O2/c1-2-20-13(19)11-9-18(16-12(11)15-17-14)8-10-6-4-3-5-7-10/h3-7,9H,2,8H2,1H3. The van der Waals surface area contributed by atoms with Gasteiger partial charge in [0.1, 0.15) is 5.56 Å². The molecule has 7 heteroatoms. The van der Waals surface area contributed by atoms with Crippen molar-refractivity contribution in [1.29, 1.82) is 0 Å². The summed E-state index contributed by atoms with van der Waals surface area (Å²) < 4.78 is 6.45. The maximum atomic E-state index is 11.7. The summed E-state index contributed by atoms with van der Waals surface area (Å²) >= 11 is 0. The molecule has 2 aromatic rings. The van der Waals surface area contributed by atoms with E-state index in [9.17, 15) is 4.79 Å². The van der Waals surface area contributed by atoms with Gasteiger partial charge in [-0.2, -0.15) is 5.10 Å². The van der Waals surface area contributed by atoms with Crippen LogP contribution in [0.4, 0.5) is 5.82 Å². The number of esters is 1. The molecule has 7 nitrogen and oxygen atoms in total. The molecule has 0 bridgehead atoms. The predicted octanol–water partition coefficient (Wildman–Crippen LogP) is 3.05. The van der Waals surface area contributed by atoms with E-state index in [1.54, 1.807) is 11.6 Å². The highest BCUT2D eigenvalue weighted by molar-refractivity contribution is 5.93. The molecule has 1 aromatic heterocycles. The normalized spacial score (nSPS) is 9.85. The Hall–Kier alpha value is -2.79. The van der Waals surface area contributed by atoms with Crippen LogP contribution in [0.25, 0.3) is 10.4 Å². The number of ether oxygens (including phenoxy) is 1. The average molecular weight is 271 g/mol. The Morgan fingerprint density at radius 2 is 2.20 bits per heavy atom. The topological polar surface area (TPSA) is 92.9 Å². The summed E-state index contributed by atoms with van der Waals surface area (Å²) in [5, 5.41) is 7.51. The molecule has 20 heavy (non-hydrogen) atoms. The first kappa shape index (κ1) is 13.6. The van der Waals surface area contributed by atoms with Gasteiger partial charge in [0.15, 0.2) is 5.82 Å². The van der Waals surface area contributed by atoms with Crippen LogP contribution in [-0.2, 0) is 11.3 Å². The molecule has 0 atom stereocenters. The van der Waals surface area contributed by atoms with Crippen LogP contribution in [0.15, 0.2) is 41.6 Å². The lowest BCUT2D eigenvalue weighted by Gasteiger charge is -2.00. The number of carbonyl (C=O) groups is 1. The van der Waals surface area contributed by atoms with Gasteiger partial charge in [-0.25, -0.2) is 4.79 Å². The van der Waals surface area contributed by atoms with Crippen molar-refractivity contribution in [1.82, 2.24) is 9.78 Å². The van der Waals surface area contributed by atoms with Crippen LogP contribution in [0.5, 0.6) is 0 Å². The van der Waals surface area contributed by atoms with E-state index in [4.69, 9.17) is 10.3 Å². The molecule has 0 spiro atoms. The zero-order valence-corrected chi connectivity index (χ0v) is 10.9. The van der Waals surface area contributed by atoms with E-state index in [1.807, 2.05) is 30.3 Å². The largest absolute Gasteiger partial charge is 0.462 e. The third kappa shape index (κ3) is 3.15. The van der Waals surface area contributed by atoms with Gasteiger partial charge in [0.2, 0.25) is 0 Å².